The molecule has 53 nitrogen and oxygen atoms in total. The number of phosphoric ester groups is 1. The second-order valence-corrected chi connectivity index (χ2v) is 36.1. The summed E-state index contributed by atoms with van der Waals surface area (Å²) in [5.41, 5.74) is 18.5. The van der Waals surface area contributed by atoms with E-state index in [2.05, 4.69) is 46.2 Å². The normalized spacial score (nSPS) is 32.6. The second-order valence-electron chi connectivity index (χ2n) is 21.3. The molecule has 5 fully saturated rings. The Kier molecular flexibility index (Phi) is 29.7. The fraction of sp³-hybridized carbons (Fsp3) is 0.610. The van der Waals surface area contributed by atoms with E-state index in [1.165, 1.54) is 6.20 Å². The molecule has 0 aliphatic carbocycles. The second kappa shape index (κ2) is 34.9. The van der Waals surface area contributed by atoms with Crippen LogP contribution in [-0.4, -0.2) is 240 Å². The van der Waals surface area contributed by atoms with Crippen LogP contribution in [0.2, 0.25) is 0 Å². The van der Waals surface area contributed by atoms with E-state index in [0.29, 0.717) is 4.57 Å². The van der Waals surface area contributed by atoms with Crippen LogP contribution in [0.1, 0.15) is 47.2 Å². The number of rotatable bonds is 22. The molecule has 0 saturated carbocycles. The van der Waals surface area contributed by atoms with Crippen LogP contribution in [0.25, 0.3) is 0 Å². The maximum Gasteiger partial charge on any atom is 0.490 e. The average molecular weight is 1670 g/mol. The maximum atomic E-state index is 12.4. The van der Waals surface area contributed by atoms with Crippen molar-refractivity contribution in [3.63, 3.8) is 0 Å². The van der Waals surface area contributed by atoms with E-state index in [-0.39, 0.29) is 45.5 Å². The third-order valence-electron chi connectivity index (χ3n) is 14.0. The Balaban J connectivity index is 0.000000219. The first-order valence-corrected chi connectivity index (χ1v) is 40.7. The van der Waals surface area contributed by atoms with Gasteiger partial charge in [0.2, 0.25) is 0 Å². The van der Waals surface area contributed by atoms with Crippen molar-refractivity contribution < 1.29 is 177 Å². The minimum Gasteiger partial charge on any atom is -0.394 e. The molecular weight excluding hydrogens is 1600 g/mol. The van der Waals surface area contributed by atoms with Gasteiger partial charge in [-0.15, -0.1) is 0 Å². The predicted molar refractivity (Wildman–Crippen MR) is 331 cm³/mol. The van der Waals surface area contributed by atoms with Crippen LogP contribution in [0.5, 0.6) is 0 Å². The molecule has 9 rings (SSSR count). The van der Waals surface area contributed by atoms with Gasteiger partial charge in [-0.3, -0.25) is 36.5 Å². The Hall–Kier alpha value is -4.29. The van der Waals surface area contributed by atoms with E-state index >= 15 is 0 Å². The zero-order valence-corrected chi connectivity index (χ0v) is 58.9. The van der Waals surface area contributed by atoms with Crippen LogP contribution < -0.4 is 45.7 Å². The molecular formula is C41H65Cl2N12O41P7. The first-order valence-electron chi connectivity index (χ1n) is 27.8. The number of hydrogen-bond acceptors (Lipinski definition) is 43. The number of nitrogen functional groups attached to an aromatic ring is 4. The van der Waals surface area contributed by atoms with Crippen molar-refractivity contribution in [2.24, 2.45) is 0 Å². The Morgan fingerprint density at radius 2 is 0.767 bits per heavy atom. The molecule has 27 N–H and O–H groups in total. The third-order valence-corrected chi connectivity index (χ3v) is 25.9. The van der Waals surface area contributed by atoms with Gasteiger partial charge in [0.25, 0.3) is 0 Å². The monoisotopic (exact) mass is 1670 g/mol. The number of nitrogens with two attached hydrogens (primary N) is 4. The maximum absolute atomic E-state index is 12.4. The highest BCUT2D eigenvalue weighted by atomic mass is 35.9. The topological polar surface area (TPSA) is 849 Å². The van der Waals surface area contributed by atoms with Crippen molar-refractivity contribution in [1.82, 2.24) is 38.2 Å². The summed E-state index contributed by atoms with van der Waals surface area (Å²) in [5, 5.41) is 125. The molecule has 21 atom stereocenters. The Morgan fingerprint density at radius 1 is 0.466 bits per heavy atom. The van der Waals surface area contributed by atoms with Gasteiger partial charge in [-0.05, 0) is 22.5 Å². The molecule has 584 valence electrons. The summed E-state index contributed by atoms with van der Waals surface area (Å²) in [6.07, 6.45) is -23.0. The lowest BCUT2D eigenvalue weighted by Crippen LogP contribution is -2.36. The summed E-state index contributed by atoms with van der Waals surface area (Å²) >= 11 is 10.4. The van der Waals surface area contributed by atoms with Gasteiger partial charge in [0.1, 0.15) is 96.5 Å². The minimum atomic E-state index is -5.75. The van der Waals surface area contributed by atoms with Crippen molar-refractivity contribution in [3.05, 3.63) is 89.0 Å². The molecule has 9 heterocycles. The highest BCUT2D eigenvalue weighted by Crippen LogP contribution is 2.79. The fourth-order valence-corrected chi connectivity index (χ4v) is 19.8. The van der Waals surface area contributed by atoms with Gasteiger partial charge in [-0.25, -0.2) is 46.1 Å². The van der Waals surface area contributed by atoms with Crippen molar-refractivity contribution in [2.45, 2.75) is 125 Å². The molecule has 62 heteroatoms. The summed E-state index contributed by atoms with van der Waals surface area (Å²) in [7, 11) is -31.4. The van der Waals surface area contributed by atoms with Gasteiger partial charge in [-0.2, -0.15) is 28.6 Å². The Labute approximate surface area is 580 Å². The number of aromatic nitrogens is 8. The first-order chi connectivity index (χ1) is 47.4. The van der Waals surface area contributed by atoms with Crippen LogP contribution in [0.4, 0.5) is 23.3 Å². The zero-order valence-electron chi connectivity index (χ0n) is 51.2. The minimum absolute atomic E-state index is 0.0124. The van der Waals surface area contributed by atoms with E-state index in [0.717, 1.165) is 32.3 Å². The molecule has 5 saturated heterocycles. The number of halogens is 2. The van der Waals surface area contributed by atoms with Gasteiger partial charge in [0, 0.05) is 47.0 Å². The van der Waals surface area contributed by atoms with Crippen molar-refractivity contribution in [3.8, 4) is 0 Å². The molecule has 0 amide bonds. The predicted octanol–water partition coefficient (Wildman–Crippen LogP) is -7.81. The number of ether oxygens (including phenoxy) is 4. The van der Waals surface area contributed by atoms with Crippen LogP contribution in [0, 0.1) is 0 Å². The highest BCUT2D eigenvalue weighted by molar-refractivity contribution is 8.05. The number of aliphatic hydroxyl groups excluding tert-OH is 13. The van der Waals surface area contributed by atoms with Gasteiger partial charge in [0.15, 0.2) is 30.8 Å². The van der Waals surface area contributed by atoms with Crippen LogP contribution >= 0.6 is 75.0 Å². The molecule has 9 unspecified atom stereocenters. The van der Waals surface area contributed by atoms with Crippen molar-refractivity contribution in [1.29, 1.82) is 0 Å². The number of aliphatic hydroxyl groups is 13. The molecule has 4 aromatic heterocycles. The van der Waals surface area contributed by atoms with Gasteiger partial charge in [0.05, 0.1) is 52.9 Å². The molecule has 5 aliphatic heterocycles. The van der Waals surface area contributed by atoms with E-state index in [4.69, 9.17) is 98.9 Å². The molecule has 0 bridgehead atoms. The molecule has 5 aliphatic rings. The molecule has 0 aromatic carbocycles. The zero-order chi connectivity index (χ0) is 77.8. The van der Waals surface area contributed by atoms with Gasteiger partial charge >= 0.3 is 75.3 Å². The van der Waals surface area contributed by atoms with Gasteiger partial charge < -0.3 is 147 Å². The first kappa shape index (κ1) is 87.6. The van der Waals surface area contributed by atoms with E-state index < -0.39 is 232 Å². The summed E-state index contributed by atoms with van der Waals surface area (Å²) < 4.78 is 134. The lowest BCUT2D eigenvalue weighted by Gasteiger charge is -2.28. The number of hydrogen-bond donors (Lipinski definition) is 23. The standard InChI is InChI=1S/C11H18N3O13P3.C10H14Cl2N3O7P.C10H18N3O15P3.C10H15N3O6/c12-9-5(2-15)1-14(11(18)13-9)10-8(17)7(16)6(25-10)3-24-29(21)4-28(19,20)26-30(22,23)27-29;11-23(12,20)21-3-5-6(17)7(18)9(22-5)15-1-4(2-16)8(13)14-10(15)19;11-8-4(2-14)1-13(10(17)12-8)9-7(16)6(15)5(26-9)3-25-30(21,22)28-31(23,24)27-29(18,19)20;11-8-4(2-14)1-13(10(18)12-8)9-7(17)6(16)5(3-15)19-9/h1,6-8,10,15-17H,2-4H2,(H,19,20)(H,22,23)(H2,12,13,18);1,5-7,9,16-18H,2-3H2,(H2,13,14,19);1,5-7,9,14-16H,2-3H2,(H,21,22)(H,23,24)(H2,11,12,17)(H2,18,19,20);1,5-7,9,14-17H,2-3H2,(H2,11,12,18)/t6-,7?,8+,10-,29?;3*5-,6?,7+,9-/m1111/s1. The van der Waals surface area contributed by atoms with E-state index in [1.807, 2.05) is 0 Å². The Bertz CT molecular complexity index is 4260. The average Bonchev–Trinajstić information content (AvgIpc) is 1.79. The lowest BCUT2D eigenvalue weighted by atomic mass is 10.1. The van der Waals surface area contributed by atoms with E-state index in [1.54, 1.807) is 0 Å². The van der Waals surface area contributed by atoms with E-state index in [9.17, 15) is 117 Å². The summed E-state index contributed by atoms with van der Waals surface area (Å²) in [5.74, 6) is -2.05. The van der Waals surface area contributed by atoms with Crippen LogP contribution in [0.15, 0.2) is 44.0 Å². The fourth-order valence-electron chi connectivity index (χ4n) is 9.19. The highest BCUT2D eigenvalue weighted by Gasteiger charge is 2.54. The van der Waals surface area contributed by atoms with Crippen LogP contribution in [-0.2, 0) is 108 Å². The summed E-state index contributed by atoms with van der Waals surface area (Å²) in [6.45, 7) is -4.99. The van der Waals surface area contributed by atoms with Gasteiger partial charge in [-0.1, -0.05) is 0 Å². The lowest BCUT2D eigenvalue weighted by molar-refractivity contribution is -0.0551. The third kappa shape index (κ3) is 22.9. The summed E-state index contributed by atoms with van der Waals surface area (Å²) in [6, 6.07) is 0. The van der Waals surface area contributed by atoms with Crippen molar-refractivity contribution >= 4 is 98.3 Å². The largest absolute Gasteiger partial charge is 0.490 e. The van der Waals surface area contributed by atoms with Crippen LogP contribution in [0.3, 0.4) is 0 Å². The number of phosphoric acid groups is 4. The summed E-state index contributed by atoms with van der Waals surface area (Å²) in [4.78, 5) is 116. The SMILES string of the molecule is Nc1nc(=O)n([C@@H]2O[C@H](CO)C(O)[C@@H]2O)cc1CO.Nc1nc(=O)n([C@@H]2O[C@H](COP(=O)(Cl)Cl)C(O)[C@@H]2O)cc1CO.Nc1nc(=O)n([C@@H]2O[C@H](COP(=O)(O)OP(=O)(O)OP(=O)(O)O)C(O)[C@@H]2O)cc1CO.Nc1nc(=O)n([C@@H]2O[C@H](COP3(=O)CP(=O)(O)OP(=O)(O)O3)C(O)[C@@H]2O)cc1CO. The Morgan fingerprint density at radius 3 is 1.05 bits per heavy atom. The molecule has 4 aromatic rings. The number of nitrogens with zero attached hydrogens (tertiary/aromatic N) is 8. The smallest absolute Gasteiger partial charge is 0.394 e. The quantitative estimate of drug-likeness (QED) is 0.0325. The number of anilines is 4. The molecule has 0 spiro atoms. The van der Waals surface area contributed by atoms with Crippen molar-refractivity contribution in [2.75, 3.05) is 55.3 Å². The molecule has 0 radical (unpaired) electrons. The molecule has 103 heavy (non-hydrogen) atoms.